The van der Waals surface area contributed by atoms with Crippen LogP contribution in [0.5, 0.6) is 0 Å². The first-order chi connectivity index (χ1) is 11.8. The highest BCUT2D eigenvalue weighted by atomic mass is 15.4. The normalized spacial score (nSPS) is 21.6. The van der Waals surface area contributed by atoms with Gasteiger partial charge >= 0.3 is 0 Å². The quantitative estimate of drug-likeness (QED) is 0.819. The molecule has 2 fully saturated rings. The summed E-state index contributed by atoms with van der Waals surface area (Å²) in [5.41, 5.74) is 5.05. The van der Waals surface area contributed by atoms with Gasteiger partial charge in [-0.15, -0.1) is 0 Å². The molecule has 2 heterocycles. The van der Waals surface area contributed by atoms with Crippen LogP contribution in [-0.4, -0.2) is 42.1 Å². The van der Waals surface area contributed by atoms with Crippen LogP contribution in [0.2, 0.25) is 0 Å². The molecule has 0 saturated carbocycles. The van der Waals surface area contributed by atoms with Crippen LogP contribution in [0.1, 0.15) is 24.8 Å². The Balaban J connectivity index is 1.45. The molecule has 2 aromatic rings. The lowest BCUT2D eigenvalue weighted by Gasteiger charge is -2.40. The summed E-state index contributed by atoms with van der Waals surface area (Å²) in [6, 6.07) is 19.4. The van der Waals surface area contributed by atoms with Crippen molar-refractivity contribution in [1.82, 2.24) is 9.80 Å². The summed E-state index contributed by atoms with van der Waals surface area (Å²) < 4.78 is 0. The Hall–Kier alpha value is -1.90. The maximum absolute atomic E-state index is 4.38. The lowest BCUT2D eigenvalue weighted by molar-refractivity contribution is 0.0457. The summed E-state index contributed by atoms with van der Waals surface area (Å²) in [7, 11) is 0. The first-order valence-corrected chi connectivity index (χ1v) is 9.13. The minimum atomic E-state index is 0.652. The topological polar surface area (TPSA) is 6.48 Å². The third kappa shape index (κ3) is 3.17. The molecule has 0 amide bonds. The van der Waals surface area contributed by atoms with Gasteiger partial charge < -0.3 is 0 Å². The van der Waals surface area contributed by atoms with Crippen molar-refractivity contribution < 1.29 is 0 Å². The van der Waals surface area contributed by atoms with Crippen molar-refractivity contribution in [3.63, 3.8) is 0 Å². The maximum Gasteiger partial charge on any atom is 0.0625 e. The smallest absolute Gasteiger partial charge is 0.0625 e. The molecule has 124 valence electrons. The van der Waals surface area contributed by atoms with E-state index >= 15 is 0 Å². The molecule has 2 heteroatoms. The summed E-state index contributed by atoms with van der Waals surface area (Å²) in [5, 5.41) is 0. The van der Waals surface area contributed by atoms with Crippen molar-refractivity contribution in [1.29, 1.82) is 0 Å². The van der Waals surface area contributed by atoms with Crippen LogP contribution in [0.4, 0.5) is 0 Å². The van der Waals surface area contributed by atoms with Crippen LogP contribution in [0.25, 0.3) is 16.7 Å². The molecule has 0 N–H and O–H groups in total. The molecule has 2 aliphatic rings. The highest BCUT2D eigenvalue weighted by Crippen LogP contribution is 2.28. The standard InChI is InChI=1S/C22H26N2/c1-18(17-24-16-6-15-23-14-5-9-22(23)24)19-10-12-21(13-11-19)20-7-3-2-4-8-20/h2-4,7-8,10-13,22H,1,5-6,9,14-17H2. The lowest BCUT2D eigenvalue weighted by atomic mass is 10.0. The first kappa shape index (κ1) is 15.6. The predicted molar refractivity (Wildman–Crippen MR) is 102 cm³/mol. The second-order valence-corrected chi connectivity index (χ2v) is 7.03. The summed E-state index contributed by atoms with van der Waals surface area (Å²) in [4.78, 5) is 5.28. The summed E-state index contributed by atoms with van der Waals surface area (Å²) in [6.07, 6.45) is 4.61. The van der Waals surface area contributed by atoms with Gasteiger partial charge in [-0.3, -0.25) is 9.80 Å². The van der Waals surface area contributed by atoms with Gasteiger partial charge in [-0.2, -0.15) is 0 Å². The van der Waals surface area contributed by atoms with Crippen molar-refractivity contribution in [3.05, 3.63) is 66.7 Å². The maximum atomic E-state index is 4.38. The Morgan fingerprint density at radius 3 is 2.38 bits per heavy atom. The fourth-order valence-corrected chi connectivity index (χ4v) is 4.16. The first-order valence-electron chi connectivity index (χ1n) is 9.13. The number of rotatable bonds is 4. The Labute approximate surface area is 145 Å². The van der Waals surface area contributed by atoms with Crippen molar-refractivity contribution in [3.8, 4) is 11.1 Å². The zero-order valence-corrected chi connectivity index (χ0v) is 14.3. The molecule has 2 aromatic carbocycles. The van der Waals surface area contributed by atoms with E-state index in [1.165, 1.54) is 61.2 Å². The molecule has 0 radical (unpaired) electrons. The molecule has 1 unspecified atom stereocenters. The number of hydrogen-bond acceptors (Lipinski definition) is 2. The minimum Gasteiger partial charge on any atom is -0.288 e. The van der Waals surface area contributed by atoms with Crippen molar-refractivity contribution in [2.45, 2.75) is 25.4 Å². The predicted octanol–water partition coefficient (Wildman–Crippen LogP) is 4.49. The Morgan fingerprint density at radius 1 is 0.875 bits per heavy atom. The summed E-state index contributed by atoms with van der Waals surface area (Å²) in [5.74, 6) is 0. The Bertz CT molecular complexity index is 690. The molecule has 2 nitrogen and oxygen atoms in total. The molecule has 4 rings (SSSR count). The van der Waals surface area contributed by atoms with Crippen LogP contribution in [0, 0.1) is 0 Å². The molecule has 1 atom stereocenters. The number of hydrogen-bond donors (Lipinski definition) is 0. The fourth-order valence-electron chi connectivity index (χ4n) is 4.16. The third-order valence-corrected chi connectivity index (χ3v) is 5.44. The highest BCUT2D eigenvalue weighted by Gasteiger charge is 2.32. The molecule has 0 aliphatic carbocycles. The van der Waals surface area contributed by atoms with E-state index in [4.69, 9.17) is 0 Å². The van der Waals surface area contributed by atoms with Crippen molar-refractivity contribution >= 4 is 5.57 Å². The highest BCUT2D eigenvalue weighted by molar-refractivity contribution is 5.70. The third-order valence-electron chi connectivity index (χ3n) is 5.44. The number of nitrogens with zero attached hydrogens (tertiary/aromatic N) is 2. The van der Waals surface area contributed by atoms with Gasteiger partial charge in [0, 0.05) is 19.6 Å². The zero-order chi connectivity index (χ0) is 16.4. The van der Waals surface area contributed by atoms with Gasteiger partial charge in [0.25, 0.3) is 0 Å². The molecule has 2 saturated heterocycles. The van der Waals surface area contributed by atoms with Crippen LogP contribution in [0.3, 0.4) is 0 Å². The van der Waals surface area contributed by atoms with Crippen molar-refractivity contribution in [2.75, 3.05) is 26.2 Å². The van der Waals surface area contributed by atoms with Gasteiger partial charge in [0.05, 0.1) is 6.17 Å². The van der Waals surface area contributed by atoms with Gasteiger partial charge in [-0.05, 0) is 48.1 Å². The molecule has 2 aliphatic heterocycles. The van der Waals surface area contributed by atoms with Gasteiger partial charge in [-0.25, -0.2) is 0 Å². The van der Waals surface area contributed by atoms with Gasteiger partial charge in [0.15, 0.2) is 0 Å². The van der Waals surface area contributed by atoms with E-state index in [0.717, 1.165) is 6.54 Å². The van der Waals surface area contributed by atoms with E-state index in [2.05, 4.69) is 71.0 Å². The molecule has 0 bridgehead atoms. The van der Waals surface area contributed by atoms with E-state index < -0.39 is 0 Å². The molecular formula is C22H26N2. The van der Waals surface area contributed by atoms with Gasteiger partial charge in [-0.1, -0.05) is 61.2 Å². The van der Waals surface area contributed by atoms with Crippen molar-refractivity contribution in [2.24, 2.45) is 0 Å². The number of benzene rings is 2. The van der Waals surface area contributed by atoms with Crippen LogP contribution in [-0.2, 0) is 0 Å². The second kappa shape index (κ2) is 6.92. The number of fused-ring (bicyclic) bond motifs is 1. The SMILES string of the molecule is C=C(CN1CCCN2CCCC21)c1ccc(-c2ccccc2)cc1. The van der Waals surface area contributed by atoms with Crippen LogP contribution < -0.4 is 0 Å². The average Bonchev–Trinajstić information content (AvgIpc) is 3.12. The minimum absolute atomic E-state index is 0.652. The molecule has 0 aromatic heterocycles. The van der Waals surface area contributed by atoms with E-state index in [1.807, 2.05) is 0 Å². The Kier molecular flexibility index (Phi) is 4.50. The van der Waals surface area contributed by atoms with Gasteiger partial charge in [0.2, 0.25) is 0 Å². The fraction of sp³-hybridized carbons (Fsp3) is 0.364. The van der Waals surface area contributed by atoms with Crippen LogP contribution >= 0.6 is 0 Å². The van der Waals surface area contributed by atoms with E-state index in [1.54, 1.807) is 0 Å². The molecular weight excluding hydrogens is 292 g/mol. The summed E-state index contributed by atoms with van der Waals surface area (Å²) >= 11 is 0. The van der Waals surface area contributed by atoms with Gasteiger partial charge in [0.1, 0.15) is 0 Å². The monoisotopic (exact) mass is 318 g/mol. The van der Waals surface area contributed by atoms with Crippen LogP contribution in [0.15, 0.2) is 61.2 Å². The molecule has 0 spiro atoms. The summed E-state index contributed by atoms with van der Waals surface area (Å²) in [6.45, 7) is 9.13. The van der Waals surface area contributed by atoms with E-state index in [-0.39, 0.29) is 0 Å². The lowest BCUT2D eigenvalue weighted by Crippen LogP contribution is -2.50. The zero-order valence-electron chi connectivity index (χ0n) is 14.3. The molecule has 24 heavy (non-hydrogen) atoms. The Morgan fingerprint density at radius 2 is 1.58 bits per heavy atom. The average molecular weight is 318 g/mol. The second-order valence-electron chi connectivity index (χ2n) is 7.03. The largest absolute Gasteiger partial charge is 0.288 e. The van der Waals surface area contributed by atoms with E-state index in [0.29, 0.717) is 6.17 Å². The van der Waals surface area contributed by atoms with E-state index in [9.17, 15) is 0 Å².